The summed E-state index contributed by atoms with van der Waals surface area (Å²) in [7, 11) is -3.37. The van der Waals surface area contributed by atoms with Crippen LogP contribution < -0.4 is 4.90 Å². The van der Waals surface area contributed by atoms with Crippen molar-refractivity contribution >= 4 is 21.9 Å². The molecule has 2 aromatic rings. The third kappa shape index (κ3) is 6.10. The minimum atomic E-state index is -3.37. The average Bonchev–Trinajstić information content (AvgIpc) is 2.81. The molecule has 2 saturated heterocycles. The van der Waals surface area contributed by atoms with Gasteiger partial charge < -0.3 is 14.5 Å². The van der Waals surface area contributed by atoms with Crippen LogP contribution in [0, 0.1) is 6.92 Å². The van der Waals surface area contributed by atoms with Gasteiger partial charge in [-0.15, -0.1) is 0 Å². The lowest BCUT2D eigenvalue weighted by molar-refractivity contribution is 0.0165. The molecule has 2 atom stereocenters. The fourth-order valence-electron chi connectivity index (χ4n) is 4.84. The Kier molecular flexibility index (Phi) is 7.61. The number of ether oxygens (including phenoxy) is 1. The zero-order valence-electron chi connectivity index (χ0n) is 20.9. The summed E-state index contributed by atoms with van der Waals surface area (Å²) < 4.78 is 29.7. The highest BCUT2D eigenvalue weighted by Crippen LogP contribution is 2.24. The van der Waals surface area contributed by atoms with Crippen molar-refractivity contribution in [3.8, 4) is 0 Å². The molecule has 4 rings (SSSR count). The summed E-state index contributed by atoms with van der Waals surface area (Å²) in [5, 5.41) is 0. The fourth-order valence-corrected chi connectivity index (χ4v) is 5.67. The van der Waals surface area contributed by atoms with Crippen molar-refractivity contribution in [3.63, 3.8) is 0 Å². The van der Waals surface area contributed by atoms with Crippen LogP contribution in [-0.4, -0.2) is 84.9 Å². The summed E-state index contributed by atoms with van der Waals surface area (Å²) in [6, 6.07) is 10.3. The van der Waals surface area contributed by atoms with Gasteiger partial charge in [-0.3, -0.25) is 4.90 Å². The molecule has 3 heterocycles. The predicted molar refractivity (Wildman–Crippen MR) is 134 cm³/mol. The van der Waals surface area contributed by atoms with E-state index in [9.17, 15) is 13.2 Å². The maximum atomic E-state index is 13.0. The first kappa shape index (κ1) is 25.4. The number of rotatable bonds is 5. The maximum Gasteiger partial charge on any atom is 0.410 e. The van der Waals surface area contributed by atoms with E-state index in [1.165, 1.54) is 11.8 Å². The van der Waals surface area contributed by atoms with Gasteiger partial charge in [-0.25, -0.2) is 23.2 Å². The number of nitrogens with zero attached hydrogens (tertiary/aromatic N) is 5. The molecule has 0 unspecified atom stereocenters. The molecule has 0 saturated carbocycles. The first-order valence-electron chi connectivity index (χ1n) is 12.2. The van der Waals surface area contributed by atoms with E-state index < -0.39 is 9.84 Å². The largest absolute Gasteiger partial charge is 0.446 e. The zero-order chi connectivity index (χ0) is 25.2. The van der Waals surface area contributed by atoms with Crippen molar-refractivity contribution in [3.05, 3.63) is 47.8 Å². The molecule has 0 spiro atoms. The first-order chi connectivity index (χ1) is 16.6. The Morgan fingerprint density at radius 2 is 1.77 bits per heavy atom. The summed E-state index contributed by atoms with van der Waals surface area (Å²) in [6.45, 7) is 9.45. The van der Waals surface area contributed by atoms with Gasteiger partial charge in [0.1, 0.15) is 11.0 Å². The van der Waals surface area contributed by atoms with Crippen molar-refractivity contribution in [2.45, 2.75) is 63.2 Å². The van der Waals surface area contributed by atoms with Crippen LogP contribution in [0.5, 0.6) is 0 Å². The van der Waals surface area contributed by atoms with Crippen LogP contribution >= 0.6 is 0 Å². The number of anilines is 1. The molecule has 0 N–H and O–H groups in total. The van der Waals surface area contributed by atoms with E-state index in [0.29, 0.717) is 24.7 Å². The van der Waals surface area contributed by atoms with Crippen molar-refractivity contribution in [1.29, 1.82) is 0 Å². The number of carbonyl (C=O) groups is 1. The van der Waals surface area contributed by atoms with Crippen LogP contribution in [0.2, 0.25) is 0 Å². The summed E-state index contributed by atoms with van der Waals surface area (Å²) in [6.07, 6.45) is 3.86. The Morgan fingerprint density at radius 3 is 2.40 bits per heavy atom. The van der Waals surface area contributed by atoms with Gasteiger partial charge >= 0.3 is 6.09 Å². The third-order valence-corrected chi connectivity index (χ3v) is 8.05. The van der Waals surface area contributed by atoms with Crippen molar-refractivity contribution in [1.82, 2.24) is 19.8 Å². The van der Waals surface area contributed by atoms with E-state index in [1.54, 1.807) is 11.8 Å². The van der Waals surface area contributed by atoms with E-state index in [4.69, 9.17) is 4.74 Å². The van der Waals surface area contributed by atoms with E-state index in [1.807, 2.05) is 24.8 Å². The van der Waals surface area contributed by atoms with Crippen molar-refractivity contribution < 1.29 is 17.9 Å². The molecule has 0 bridgehead atoms. The topological polar surface area (TPSA) is 95.9 Å². The molecule has 2 fully saturated rings. The maximum absolute atomic E-state index is 13.0. The number of hydrogen-bond acceptors (Lipinski definition) is 8. The minimum Gasteiger partial charge on any atom is -0.446 e. The summed E-state index contributed by atoms with van der Waals surface area (Å²) in [5.41, 5.74) is 1.73. The number of piperazine rings is 1. The summed E-state index contributed by atoms with van der Waals surface area (Å²) >= 11 is 0. The van der Waals surface area contributed by atoms with E-state index in [-0.39, 0.29) is 29.2 Å². The quantitative estimate of drug-likeness (QED) is 0.617. The molecular weight excluding hydrogens is 466 g/mol. The van der Waals surface area contributed by atoms with Gasteiger partial charge in [-0.1, -0.05) is 30.3 Å². The highest BCUT2D eigenvalue weighted by Gasteiger charge is 2.35. The van der Waals surface area contributed by atoms with Gasteiger partial charge in [0, 0.05) is 51.1 Å². The number of likely N-dealkylation sites (tertiary alicyclic amines) is 1. The van der Waals surface area contributed by atoms with E-state index in [0.717, 1.165) is 38.7 Å². The van der Waals surface area contributed by atoms with Gasteiger partial charge in [0.25, 0.3) is 0 Å². The van der Waals surface area contributed by atoms with Crippen LogP contribution in [0.3, 0.4) is 0 Å². The van der Waals surface area contributed by atoms with Crippen LogP contribution in [0.1, 0.15) is 37.9 Å². The van der Waals surface area contributed by atoms with Gasteiger partial charge in [0.15, 0.2) is 9.84 Å². The first-order valence-corrected chi connectivity index (χ1v) is 14.0. The molecule has 1 aromatic carbocycles. The second kappa shape index (κ2) is 10.5. The number of amides is 1. The number of benzene rings is 1. The van der Waals surface area contributed by atoms with Crippen LogP contribution in [0.25, 0.3) is 0 Å². The van der Waals surface area contributed by atoms with Crippen molar-refractivity contribution in [2.75, 3.05) is 37.3 Å². The van der Waals surface area contributed by atoms with E-state index in [2.05, 4.69) is 39.1 Å². The lowest BCUT2D eigenvalue weighted by Crippen LogP contribution is -2.59. The number of hydrogen-bond donors (Lipinski definition) is 0. The average molecular weight is 502 g/mol. The van der Waals surface area contributed by atoms with Crippen molar-refractivity contribution in [2.24, 2.45) is 0 Å². The Morgan fingerprint density at radius 1 is 1.09 bits per heavy atom. The second-order valence-corrected chi connectivity index (χ2v) is 11.7. The van der Waals surface area contributed by atoms with Gasteiger partial charge in [-0.2, -0.15) is 0 Å². The molecule has 1 amide bonds. The molecule has 10 heteroatoms. The lowest BCUT2D eigenvalue weighted by atomic mass is 10.1. The molecule has 0 aliphatic carbocycles. The Hall–Kier alpha value is -2.72. The molecule has 35 heavy (non-hydrogen) atoms. The molecule has 9 nitrogen and oxygen atoms in total. The Bertz CT molecular complexity index is 1140. The standard InChI is InChI=1S/C25H35N5O4S/c1-18-16-30(19(2)15-29(18)24-26-14-23(20(3)27-24)35(4,32)33)25(31)34-22-10-12-28(13-11-22)17-21-8-6-5-7-9-21/h5-9,14,18-19,22H,10-13,15-17H2,1-4H3/t18-,19+/m0/s1. The van der Waals surface area contributed by atoms with Gasteiger partial charge in [-0.05, 0) is 39.2 Å². The number of aromatic nitrogens is 2. The predicted octanol–water partition coefficient (Wildman–Crippen LogP) is 2.89. The van der Waals surface area contributed by atoms with Crippen LogP contribution in [-0.2, 0) is 21.1 Å². The van der Waals surface area contributed by atoms with Gasteiger partial charge in [0.05, 0.1) is 11.9 Å². The second-order valence-electron chi connectivity index (χ2n) is 9.74. The monoisotopic (exact) mass is 501 g/mol. The normalized spacial score (nSPS) is 22.3. The van der Waals surface area contributed by atoms with Crippen LogP contribution in [0.4, 0.5) is 10.7 Å². The molecular formula is C25H35N5O4S. The number of aryl methyl sites for hydroxylation is 1. The molecule has 1 aromatic heterocycles. The highest BCUT2D eigenvalue weighted by molar-refractivity contribution is 7.90. The SMILES string of the molecule is Cc1nc(N2C[C@@H](C)N(C(=O)OC3CCN(Cc4ccccc4)CC3)C[C@@H]2C)ncc1S(C)(=O)=O. The minimum absolute atomic E-state index is 0.0325. The molecule has 2 aliphatic heterocycles. The smallest absolute Gasteiger partial charge is 0.410 e. The number of sulfone groups is 1. The number of piperidine rings is 1. The van der Waals surface area contributed by atoms with Gasteiger partial charge in [0.2, 0.25) is 5.95 Å². The summed E-state index contributed by atoms with van der Waals surface area (Å²) in [4.78, 5) is 28.1. The van der Waals surface area contributed by atoms with E-state index >= 15 is 0 Å². The third-order valence-electron chi connectivity index (χ3n) is 6.85. The highest BCUT2D eigenvalue weighted by atomic mass is 32.2. The zero-order valence-corrected chi connectivity index (χ0v) is 21.7. The lowest BCUT2D eigenvalue weighted by Gasteiger charge is -2.44. The fraction of sp³-hybridized carbons (Fsp3) is 0.560. The Labute approximate surface area is 208 Å². The molecule has 190 valence electrons. The Balaban J connectivity index is 1.31. The number of carbonyl (C=O) groups excluding carboxylic acids is 1. The van der Waals surface area contributed by atoms with Crippen LogP contribution in [0.15, 0.2) is 41.4 Å². The molecule has 0 radical (unpaired) electrons. The summed E-state index contributed by atoms with van der Waals surface area (Å²) in [5.74, 6) is 0.480. The molecule has 2 aliphatic rings.